The lowest BCUT2D eigenvalue weighted by atomic mass is 9.86. The molecule has 152 valence electrons. The first-order valence-electron chi connectivity index (χ1n) is 8.99. The molecule has 7 heteroatoms. The summed E-state index contributed by atoms with van der Waals surface area (Å²) in [6, 6.07) is 12.6. The van der Waals surface area contributed by atoms with Gasteiger partial charge in [-0.25, -0.2) is 4.79 Å². The van der Waals surface area contributed by atoms with Crippen molar-refractivity contribution in [3.8, 4) is 11.5 Å². The van der Waals surface area contributed by atoms with E-state index in [4.69, 9.17) is 14.2 Å². The minimum Gasteiger partial charge on any atom is -0.493 e. The lowest BCUT2D eigenvalue weighted by Gasteiger charge is -2.33. The molecule has 0 aromatic heterocycles. The molecule has 0 fully saturated rings. The molecule has 2 atom stereocenters. The molecule has 0 bridgehead atoms. The fraction of sp³-hybridized carbons (Fsp3) is 0.381. The lowest BCUT2D eigenvalue weighted by molar-refractivity contribution is 0.0333. The Hall–Kier alpha value is -2.28. The second-order valence-electron chi connectivity index (χ2n) is 6.49. The smallest absolute Gasteiger partial charge is 0.338 e. The van der Waals surface area contributed by atoms with Crippen molar-refractivity contribution in [3.63, 3.8) is 0 Å². The van der Waals surface area contributed by atoms with Gasteiger partial charge in [-0.05, 0) is 48.4 Å². The largest absolute Gasteiger partial charge is 0.493 e. The first-order chi connectivity index (χ1) is 13.2. The van der Waals surface area contributed by atoms with Crippen molar-refractivity contribution >= 4 is 18.4 Å². The maximum atomic E-state index is 12.2. The zero-order valence-electron chi connectivity index (χ0n) is 16.0. The molecule has 0 aliphatic carbocycles. The molecule has 0 amide bonds. The highest BCUT2D eigenvalue weighted by atomic mass is 35.5. The van der Waals surface area contributed by atoms with Crippen LogP contribution in [0.2, 0.25) is 0 Å². The lowest BCUT2D eigenvalue weighted by Crippen LogP contribution is -2.38. The van der Waals surface area contributed by atoms with Crippen molar-refractivity contribution in [2.24, 2.45) is 5.92 Å². The fourth-order valence-electron chi connectivity index (χ4n) is 3.43. The number of ether oxygens (including phenoxy) is 3. The van der Waals surface area contributed by atoms with Gasteiger partial charge in [0.1, 0.15) is 0 Å². The van der Waals surface area contributed by atoms with Gasteiger partial charge in [0, 0.05) is 12.0 Å². The number of nitrogens with one attached hydrogen (secondary N) is 1. The Morgan fingerprint density at radius 2 is 1.86 bits per heavy atom. The molecule has 1 aliphatic heterocycles. The van der Waals surface area contributed by atoms with E-state index < -0.39 is 5.97 Å². The summed E-state index contributed by atoms with van der Waals surface area (Å²) in [6.07, 6.45) is 0.855. The van der Waals surface area contributed by atoms with E-state index in [1.165, 1.54) is 0 Å². The third-order valence-electron chi connectivity index (χ3n) is 4.88. The van der Waals surface area contributed by atoms with Gasteiger partial charge in [-0.2, -0.15) is 0 Å². The molecule has 2 N–H and O–H groups in total. The third kappa shape index (κ3) is 4.76. The van der Waals surface area contributed by atoms with Crippen LogP contribution in [0.1, 0.15) is 27.5 Å². The molecule has 6 nitrogen and oxygen atoms in total. The van der Waals surface area contributed by atoms with Crippen LogP contribution >= 0.6 is 12.4 Å². The molecule has 1 aliphatic rings. The Bertz CT molecular complexity index is 784. The van der Waals surface area contributed by atoms with Crippen LogP contribution in [0.3, 0.4) is 0 Å². The zero-order chi connectivity index (χ0) is 19.2. The highest BCUT2D eigenvalue weighted by molar-refractivity contribution is 5.89. The monoisotopic (exact) mass is 407 g/mol. The Labute approximate surface area is 171 Å². The number of fused-ring (bicyclic) bond motifs is 1. The van der Waals surface area contributed by atoms with E-state index in [1.54, 1.807) is 38.5 Å². The molecule has 28 heavy (non-hydrogen) atoms. The molecular weight excluding hydrogens is 382 g/mol. The molecule has 1 heterocycles. The fourth-order valence-corrected chi connectivity index (χ4v) is 3.43. The van der Waals surface area contributed by atoms with Crippen molar-refractivity contribution < 1.29 is 24.1 Å². The van der Waals surface area contributed by atoms with E-state index >= 15 is 0 Å². The second kappa shape index (κ2) is 10.3. The summed E-state index contributed by atoms with van der Waals surface area (Å²) in [6.45, 7) is 0.791. The van der Waals surface area contributed by atoms with E-state index in [0.717, 1.165) is 24.1 Å². The summed E-state index contributed by atoms with van der Waals surface area (Å²) < 4.78 is 16.3. The van der Waals surface area contributed by atoms with Crippen molar-refractivity contribution in [1.29, 1.82) is 0 Å². The number of carbonyl (C=O) groups excluding carboxylic acids is 1. The average molecular weight is 408 g/mol. The first kappa shape index (κ1) is 22.0. The molecule has 0 radical (unpaired) electrons. The number of benzene rings is 2. The summed E-state index contributed by atoms with van der Waals surface area (Å²) in [5.41, 5.74) is 2.68. The van der Waals surface area contributed by atoms with Crippen LogP contribution in [0, 0.1) is 5.92 Å². The highest BCUT2D eigenvalue weighted by Crippen LogP contribution is 2.37. The Balaban J connectivity index is 0.00000280. The predicted molar refractivity (Wildman–Crippen MR) is 109 cm³/mol. The quantitative estimate of drug-likeness (QED) is 0.687. The number of hydrogen-bond donors (Lipinski definition) is 2. The molecule has 0 saturated carbocycles. The SMILES string of the molecule is COc1cc2c(cc1OC)C(C(CO)COC(=O)c1ccccc1)NCC2.Cl. The zero-order valence-corrected chi connectivity index (χ0v) is 16.8. The van der Waals surface area contributed by atoms with Gasteiger partial charge in [0.15, 0.2) is 11.5 Å². The van der Waals surface area contributed by atoms with Crippen LogP contribution in [0.15, 0.2) is 42.5 Å². The summed E-state index contributed by atoms with van der Waals surface area (Å²) in [4.78, 5) is 12.2. The number of carbonyl (C=O) groups is 1. The topological polar surface area (TPSA) is 77.0 Å². The summed E-state index contributed by atoms with van der Waals surface area (Å²) >= 11 is 0. The summed E-state index contributed by atoms with van der Waals surface area (Å²) in [7, 11) is 3.21. The van der Waals surface area contributed by atoms with Crippen LogP contribution in [0.25, 0.3) is 0 Å². The molecule has 3 rings (SSSR count). The van der Waals surface area contributed by atoms with E-state index in [9.17, 15) is 9.90 Å². The summed E-state index contributed by atoms with van der Waals surface area (Å²) in [5.74, 6) is 0.670. The summed E-state index contributed by atoms with van der Waals surface area (Å²) in [5, 5.41) is 13.4. The van der Waals surface area contributed by atoms with Crippen molar-refractivity contribution in [2.75, 3.05) is 34.0 Å². The molecule has 2 aromatic rings. The number of rotatable bonds is 7. The first-order valence-corrected chi connectivity index (χ1v) is 8.99. The van der Waals surface area contributed by atoms with Crippen molar-refractivity contribution in [2.45, 2.75) is 12.5 Å². The van der Waals surface area contributed by atoms with Gasteiger partial charge in [-0.15, -0.1) is 12.4 Å². The van der Waals surface area contributed by atoms with E-state index in [0.29, 0.717) is 17.1 Å². The predicted octanol–water partition coefficient (Wildman–Crippen LogP) is 2.78. The Morgan fingerprint density at radius 3 is 2.50 bits per heavy atom. The Morgan fingerprint density at radius 1 is 1.18 bits per heavy atom. The van der Waals surface area contributed by atoms with Gasteiger partial charge in [0.2, 0.25) is 0 Å². The second-order valence-corrected chi connectivity index (χ2v) is 6.49. The van der Waals surface area contributed by atoms with Crippen LogP contribution in [0.5, 0.6) is 11.5 Å². The number of aliphatic hydroxyl groups is 1. The van der Waals surface area contributed by atoms with Crippen LogP contribution in [-0.2, 0) is 11.2 Å². The highest BCUT2D eigenvalue weighted by Gasteiger charge is 2.30. The van der Waals surface area contributed by atoms with Crippen molar-refractivity contribution in [1.82, 2.24) is 5.32 Å². The van der Waals surface area contributed by atoms with Crippen LogP contribution in [-0.4, -0.2) is 45.1 Å². The van der Waals surface area contributed by atoms with Gasteiger partial charge in [0.25, 0.3) is 0 Å². The minimum absolute atomic E-state index is 0. The maximum absolute atomic E-state index is 12.2. The van der Waals surface area contributed by atoms with E-state index in [1.807, 2.05) is 18.2 Å². The Kier molecular flexibility index (Phi) is 8.11. The number of halogens is 1. The van der Waals surface area contributed by atoms with Gasteiger partial charge in [-0.3, -0.25) is 0 Å². The molecule has 0 spiro atoms. The molecular formula is C21H26ClNO5. The average Bonchev–Trinajstić information content (AvgIpc) is 2.73. The minimum atomic E-state index is -0.391. The van der Waals surface area contributed by atoms with Crippen LogP contribution < -0.4 is 14.8 Å². The molecule has 2 aromatic carbocycles. The third-order valence-corrected chi connectivity index (χ3v) is 4.88. The number of methoxy groups -OCH3 is 2. The molecule has 0 saturated heterocycles. The molecule has 2 unspecified atom stereocenters. The number of hydrogen-bond acceptors (Lipinski definition) is 6. The van der Waals surface area contributed by atoms with Gasteiger partial charge in [-0.1, -0.05) is 18.2 Å². The van der Waals surface area contributed by atoms with Crippen molar-refractivity contribution in [3.05, 3.63) is 59.2 Å². The van der Waals surface area contributed by atoms with Gasteiger partial charge in [0.05, 0.1) is 33.0 Å². The van der Waals surface area contributed by atoms with Gasteiger partial charge < -0.3 is 24.6 Å². The maximum Gasteiger partial charge on any atom is 0.338 e. The number of esters is 1. The van der Waals surface area contributed by atoms with E-state index in [-0.39, 0.29) is 37.6 Å². The normalized spacial score (nSPS) is 16.3. The standard InChI is InChI=1S/C21H25NO5.ClH/c1-25-18-10-15-8-9-22-20(17(15)11-19(18)26-2)16(12-23)13-27-21(24)14-6-4-3-5-7-14;/h3-7,10-11,16,20,22-23H,8-9,12-13H2,1-2H3;1H. The van der Waals surface area contributed by atoms with E-state index in [2.05, 4.69) is 5.32 Å². The number of aliphatic hydroxyl groups excluding tert-OH is 1. The van der Waals surface area contributed by atoms with Crippen LogP contribution in [0.4, 0.5) is 0 Å². The van der Waals surface area contributed by atoms with Gasteiger partial charge >= 0.3 is 5.97 Å².